The van der Waals surface area contributed by atoms with Crippen molar-refractivity contribution in [1.29, 1.82) is 0 Å². The number of nitrogens with zero attached hydrogens (tertiary/aromatic N) is 2. The van der Waals surface area contributed by atoms with Crippen LogP contribution >= 0.6 is 0 Å². The normalized spacial score (nSPS) is 18.9. The van der Waals surface area contributed by atoms with Gasteiger partial charge in [0.1, 0.15) is 6.54 Å². The van der Waals surface area contributed by atoms with Gasteiger partial charge in [-0.1, -0.05) is 50.3 Å². The number of fused-ring (bicyclic) bond motifs is 2. The second-order valence-corrected chi connectivity index (χ2v) is 23.7. The molecule has 0 atom stereocenters. The van der Waals surface area contributed by atoms with Crippen LogP contribution in [0.2, 0.25) is 0 Å². The molecule has 0 fully saturated rings. The van der Waals surface area contributed by atoms with Gasteiger partial charge in [-0.3, -0.25) is 23.0 Å². The van der Waals surface area contributed by atoms with Crippen molar-refractivity contribution in [2.45, 2.75) is 100 Å². The summed E-state index contributed by atoms with van der Waals surface area (Å²) in [5, 5.41) is 0. The molecule has 350 valence electrons. The Hall–Kier alpha value is -4.60. The van der Waals surface area contributed by atoms with Crippen molar-refractivity contribution < 1.29 is 61.3 Å². The summed E-state index contributed by atoms with van der Waals surface area (Å²) in [5.74, 6) is -0.941. The second kappa shape index (κ2) is 18.6. The second-order valence-electron chi connectivity index (χ2n) is 17.7. The highest BCUT2D eigenvalue weighted by molar-refractivity contribution is 7.86. The van der Waals surface area contributed by atoms with E-state index in [2.05, 4.69) is 0 Å². The average Bonchev–Trinajstić information content (AvgIpc) is 3.55. The molecule has 0 aromatic heterocycles. The quantitative estimate of drug-likeness (QED) is 0.0435. The van der Waals surface area contributed by atoms with Crippen molar-refractivity contribution in [3.05, 3.63) is 124 Å². The number of Topliss-reactive ketones (excluding diaryl/α,β-unsaturated/α-hetero) is 1. The lowest BCUT2D eigenvalue weighted by Crippen LogP contribution is -2.28. The van der Waals surface area contributed by atoms with E-state index in [4.69, 9.17) is 0 Å². The molecule has 0 amide bonds. The van der Waals surface area contributed by atoms with Crippen LogP contribution in [0.15, 0.2) is 112 Å². The van der Waals surface area contributed by atoms with Gasteiger partial charge in [-0.15, -0.1) is 0 Å². The number of anilines is 1. The summed E-state index contributed by atoms with van der Waals surface area (Å²) in [7, 11) is -17.4. The molecule has 65 heavy (non-hydrogen) atoms. The summed E-state index contributed by atoms with van der Waals surface area (Å²) < 4.78 is 136. The van der Waals surface area contributed by atoms with E-state index in [0.717, 1.165) is 40.1 Å². The van der Waals surface area contributed by atoms with Crippen LogP contribution < -0.4 is 4.90 Å². The number of carbonyl (C=O) groups excluding carboxylic acids is 1. The lowest BCUT2D eigenvalue weighted by molar-refractivity contribution is -0.438. The minimum Gasteiger partial charge on any atom is -0.344 e. The Labute approximate surface area is 382 Å². The fourth-order valence-corrected chi connectivity index (χ4v) is 11.2. The van der Waals surface area contributed by atoms with Crippen molar-refractivity contribution >= 4 is 68.9 Å². The smallest absolute Gasteiger partial charge is 0.294 e. The molecule has 0 saturated carbocycles. The van der Waals surface area contributed by atoms with E-state index < -0.39 is 62.8 Å². The van der Waals surface area contributed by atoms with E-state index in [1.807, 2.05) is 73.6 Å². The van der Waals surface area contributed by atoms with Crippen LogP contribution in [0, 0.1) is 0 Å². The maximum absolute atomic E-state index is 12.3. The Morgan fingerprint density at radius 1 is 0.692 bits per heavy atom. The van der Waals surface area contributed by atoms with Gasteiger partial charge in [-0.05, 0) is 124 Å². The lowest BCUT2D eigenvalue weighted by atomic mass is 9.79. The molecule has 3 aromatic carbocycles. The minimum absolute atomic E-state index is 0.0973. The molecule has 1 aliphatic carbocycles. The zero-order valence-corrected chi connectivity index (χ0v) is 40.1. The molecule has 0 unspecified atom stereocenters. The molecule has 0 saturated heterocycles. The summed E-state index contributed by atoms with van der Waals surface area (Å²) in [6.07, 6.45) is 11.1. The van der Waals surface area contributed by atoms with Gasteiger partial charge in [0, 0.05) is 53.0 Å². The van der Waals surface area contributed by atoms with E-state index >= 15 is 0 Å². The third kappa shape index (κ3) is 11.3. The number of unbranched alkanes of at least 4 members (excludes halogenated alkanes) is 2. The van der Waals surface area contributed by atoms with E-state index in [1.165, 1.54) is 31.2 Å². The van der Waals surface area contributed by atoms with Crippen LogP contribution in [0.4, 0.5) is 11.4 Å². The first kappa shape index (κ1) is 49.8. The van der Waals surface area contributed by atoms with Gasteiger partial charge in [0.05, 0.1) is 26.7 Å². The van der Waals surface area contributed by atoms with Gasteiger partial charge in [0.25, 0.3) is 40.5 Å². The molecule has 2 heterocycles. The topological polar surface area (TPSA) is 241 Å². The molecule has 3 aromatic rings. The first-order valence-corrected chi connectivity index (χ1v) is 27.2. The van der Waals surface area contributed by atoms with Crippen LogP contribution in [0.5, 0.6) is 0 Å². The average molecular weight is 972 g/mol. The predicted molar refractivity (Wildman–Crippen MR) is 250 cm³/mol. The molecule has 19 heteroatoms. The van der Waals surface area contributed by atoms with Crippen LogP contribution in [0.3, 0.4) is 0 Å². The maximum atomic E-state index is 12.3. The number of ketones is 1. The highest BCUT2D eigenvalue weighted by Gasteiger charge is 2.45. The summed E-state index contributed by atoms with van der Waals surface area (Å²) in [6.45, 7) is 9.89. The predicted octanol–water partition coefficient (Wildman–Crippen LogP) is 7.90. The Morgan fingerprint density at radius 2 is 1.28 bits per heavy atom. The van der Waals surface area contributed by atoms with Crippen molar-refractivity contribution in [3.63, 3.8) is 0 Å². The van der Waals surface area contributed by atoms with Gasteiger partial charge in [0.15, 0.2) is 11.5 Å². The molecule has 0 radical (unpaired) electrons. The fourth-order valence-electron chi connectivity index (χ4n) is 9.08. The van der Waals surface area contributed by atoms with E-state index in [0.29, 0.717) is 66.8 Å². The van der Waals surface area contributed by atoms with Crippen LogP contribution in [0.1, 0.15) is 107 Å². The van der Waals surface area contributed by atoms with Crippen molar-refractivity contribution in [3.8, 4) is 0 Å². The largest absolute Gasteiger partial charge is 0.344 e. The highest BCUT2D eigenvalue weighted by atomic mass is 32.2. The molecule has 6 rings (SSSR count). The first-order chi connectivity index (χ1) is 30.1. The Bertz CT molecular complexity index is 3030. The summed E-state index contributed by atoms with van der Waals surface area (Å²) in [5.41, 5.74) is 6.81. The monoisotopic (exact) mass is 971 g/mol. The summed E-state index contributed by atoms with van der Waals surface area (Å²) >= 11 is 0. The highest BCUT2D eigenvalue weighted by Crippen LogP contribution is 2.49. The third-order valence-corrected chi connectivity index (χ3v) is 15.7. The van der Waals surface area contributed by atoms with Gasteiger partial charge in [-0.25, -0.2) is 0 Å². The molecule has 3 aliphatic rings. The van der Waals surface area contributed by atoms with Crippen molar-refractivity contribution in [2.75, 3.05) is 29.5 Å². The molecule has 4 N–H and O–H groups in total. The first-order valence-electron chi connectivity index (χ1n) is 21.1. The molecule has 0 bridgehead atoms. The van der Waals surface area contributed by atoms with Crippen LogP contribution in [-0.2, 0) is 51.3 Å². The zero-order valence-electron chi connectivity index (χ0n) is 36.9. The van der Waals surface area contributed by atoms with Crippen molar-refractivity contribution in [2.24, 2.45) is 0 Å². The Morgan fingerprint density at radius 3 is 1.86 bits per heavy atom. The number of benzene rings is 3. The standard InChI is InChI=1S/C46H54N2O13S4/c1-31(49)32-13-15-35(16-14-32)44-33(17-23-42-45(2,3)38-29-36(64(56,57)58)19-21-40(38)47(42)25-6-8-27-62(50,51)52)11-10-12-34(44)18-24-43-46(4,5)39-30-37(65(59,60)61)20-22-41(39)48(43)26-7-9-28-63(53,54)55/h13-24,29-30H,6-12,25-28H2,1-5H3,(H3-,50,51,52,53,54,55,56,57,58,59,60,61)/p+1. The summed E-state index contributed by atoms with van der Waals surface area (Å²) in [4.78, 5) is 13.8. The third-order valence-electron chi connectivity index (χ3n) is 12.4. The molecule has 0 spiro atoms. The Balaban J connectivity index is 1.49. The number of hydrogen-bond acceptors (Lipinski definition) is 10. The SMILES string of the molecule is CC(=O)c1ccc(C2=C(/C=C/C3=[N+](CCCCS(=O)(=O)O)c4ccc(S(=O)(=O)O)cc4C3(C)C)CCC/C2=C\C=C2\N(CCCCS(=O)(=O)O)c3ccc(S(=O)(=O)O)cc3C2(C)C)cc1. The van der Waals surface area contributed by atoms with Gasteiger partial charge in [-0.2, -0.15) is 38.2 Å². The maximum Gasteiger partial charge on any atom is 0.294 e. The molecular weight excluding hydrogens is 917 g/mol. The van der Waals surface area contributed by atoms with Crippen LogP contribution in [0.25, 0.3) is 5.57 Å². The Kier molecular flexibility index (Phi) is 14.2. The summed E-state index contributed by atoms with van der Waals surface area (Å²) in [6, 6.07) is 16.1. The zero-order chi connectivity index (χ0) is 47.9. The van der Waals surface area contributed by atoms with E-state index in [9.17, 15) is 56.7 Å². The lowest BCUT2D eigenvalue weighted by Gasteiger charge is -2.28. The molecule has 2 aliphatic heterocycles. The number of allylic oxidation sites excluding steroid dienone is 8. The number of hydrogen-bond donors (Lipinski definition) is 4. The number of carbonyl (C=O) groups is 1. The molecular formula is C46H55N2O13S4+. The molecule has 15 nitrogen and oxygen atoms in total. The minimum atomic E-state index is -4.53. The van der Waals surface area contributed by atoms with E-state index in [-0.39, 0.29) is 28.4 Å². The van der Waals surface area contributed by atoms with Crippen molar-refractivity contribution in [1.82, 2.24) is 0 Å². The van der Waals surface area contributed by atoms with Gasteiger partial charge >= 0.3 is 0 Å². The van der Waals surface area contributed by atoms with E-state index in [1.54, 1.807) is 24.3 Å². The fraction of sp³-hybridized carbons (Fsp3) is 0.391. The van der Waals surface area contributed by atoms with Crippen LogP contribution in [-0.4, -0.2) is 92.5 Å². The number of rotatable bonds is 17. The van der Waals surface area contributed by atoms with Gasteiger partial charge < -0.3 is 4.90 Å². The van der Waals surface area contributed by atoms with Gasteiger partial charge in [0.2, 0.25) is 5.69 Å².